The quantitative estimate of drug-likeness (QED) is 0.707. The Morgan fingerprint density at radius 3 is 2.76 bits per heavy atom. The molecular formula is C18H16N2O5. The summed E-state index contributed by atoms with van der Waals surface area (Å²) >= 11 is 0. The van der Waals surface area contributed by atoms with Gasteiger partial charge in [0.25, 0.3) is 0 Å². The van der Waals surface area contributed by atoms with Gasteiger partial charge in [0.1, 0.15) is 5.75 Å². The Bertz CT molecular complexity index is 904. The van der Waals surface area contributed by atoms with Crippen molar-refractivity contribution >= 4 is 5.97 Å². The average molecular weight is 340 g/mol. The van der Waals surface area contributed by atoms with E-state index in [-0.39, 0.29) is 24.1 Å². The zero-order chi connectivity index (χ0) is 17.8. The number of aromatic hydroxyl groups is 1. The lowest BCUT2D eigenvalue weighted by atomic mass is 10.2. The van der Waals surface area contributed by atoms with E-state index >= 15 is 0 Å². The molecule has 3 rings (SSSR count). The van der Waals surface area contributed by atoms with Crippen LogP contribution < -0.4 is 4.74 Å². The number of phenols is 1. The van der Waals surface area contributed by atoms with E-state index in [4.69, 9.17) is 14.0 Å². The molecule has 0 aliphatic rings. The Hall–Kier alpha value is -3.35. The number of nitrogens with zero attached hydrogens (tertiary/aromatic N) is 2. The third-order valence-electron chi connectivity index (χ3n) is 3.34. The summed E-state index contributed by atoms with van der Waals surface area (Å²) in [7, 11) is 0. The fourth-order valence-electron chi connectivity index (χ4n) is 2.18. The number of benzene rings is 2. The van der Waals surface area contributed by atoms with Gasteiger partial charge in [-0.2, -0.15) is 4.98 Å². The van der Waals surface area contributed by atoms with E-state index in [1.165, 1.54) is 0 Å². The average Bonchev–Trinajstić information content (AvgIpc) is 3.08. The third kappa shape index (κ3) is 3.60. The monoisotopic (exact) mass is 340 g/mol. The van der Waals surface area contributed by atoms with Crippen molar-refractivity contribution in [3.8, 4) is 28.6 Å². The van der Waals surface area contributed by atoms with Gasteiger partial charge < -0.3 is 19.1 Å². The number of aromatic nitrogens is 2. The van der Waals surface area contributed by atoms with Crippen molar-refractivity contribution in [2.24, 2.45) is 0 Å². The first-order valence-electron chi connectivity index (χ1n) is 7.66. The van der Waals surface area contributed by atoms with Crippen LogP contribution in [-0.4, -0.2) is 27.8 Å². The Kier molecular flexibility index (Phi) is 4.65. The number of phenolic OH excluding ortho intramolecular Hbond substituents is 1. The number of rotatable bonds is 5. The molecule has 0 unspecified atom stereocenters. The van der Waals surface area contributed by atoms with Crippen molar-refractivity contribution in [1.82, 2.24) is 10.1 Å². The number of carbonyl (C=O) groups excluding carboxylic acids is 1. The fourth-order valence-corrected chi connectivity index (χ4v) is 2.18. The number of ether oxygens (including phenoxy) is 2. The summed E-state index contributed by atoms with van der Waals surface area (Å²) in [5.74, 6) is 0.00562. The van der Waals surface area contributed by atoms with Crippen LogP contribution in [0.3, 0.4) is 0 Å². The minimum Gasteiger partial charge on any atom is -0.504 e. The second kappa shape index (κ2) is 7.04. The summed E-state index contributed by atoms with van der Waals surface area (Å²) < 4.78 is 15.5. The number of aryl methyl sites for hydroxylation is 1. The molecule has 0 aliphatic heterocycles. The van der Waals surface area contributed by atoms with Crippen molar-refractivity contribution < 1.29 is 23.9 Å². The van der Waals surface area contributed by atoms with Crippen molar-refractivity contribution in [1.29, 1.82) is 0 Å². The van der Waals surface area contributed by atoms with Crippen LogP contribution >= 0.6 is 0 Å². The number of hydrogen-bond acceptors (Lipinski definition) is 7. The molecule has 1 N–H and O–H groups in total. The maximum absolute atomic E-state index is 11.7. The van der Waals surface area contributed by atoms with Gasteiger partial charge in [0.05, 0.1) is 12.2 Å². The lowest BCUT2D eigenvalue weighted by Gasteiger charge is -2.10. The standard InChI is InChI=1S/C18H16N2O5/c1-3-23-18(22)17-19-16(20-25-17)12-6-4-5-7-14(12)24-15-9-8-11(2)10-13(15)21/h4-10,21H,3H2,1-2H3. The first kappa shape index (κ1) is 16.5. The first-order valence-corrected chi connectivity index (χ1v) is 7.66. The molecule has 0 radical (unpaired) electrons. The SMILES string of the molecule is CCOC(=O)c1nc(-c2ccccc2Oc2ccc(C)cc2O)no1. The van der Waals surface area contributed by atoms with Gasteiger partial charge in [-0.05, 0) is 43.7 Å². The smallest absolute Gasteiger partial charge is 0.397 e. The van der Waals surface area contributed by atoms with E-state index in [0.29, 0.717) is 17.1 Å². The van der Waals surface area contributed by atoms with Gasteiger partial charge in [-0.3, -0.25) is 0 Å². The molecule has 1 aromatic heterocycles. The van der Waals surface area contributed by atoms with Crippen LogP contribution in [0.5, 0.6) is 17.2 Å². The molecule has 3 aromatic rings. The molecule has 0 aliphatic carbocycles. The van der Waals surface area contributed by atoms with Crippen molar-refractivity contribution in [2.75, 3.05) is 6.61 Å². The van der Waals surface area contributed by atoms with Gasteiger partial charge in [-0.1, -0.05) is 23.4 Å². The summed E-state index contributed by atoms with van der Waals surface area (Å²) in [5, 5.41) is 13.8. The lowest BCUT2D eigenvalue weighted by molar-refractivity contribution is 0.0470. The highest BCUT2D eigenvalue weighted by Crippen LogP contribution is 2.36. The minimum atomic E-state index is -0.684. The molecule has 0 amide bonds. The van der Waals surface area contributed by atoms with E-state index in [9.17, 15) is 9.90 Å². The Labute approximate surface area is 143 Å². The zero-order valence-electron chi connectivity index (χ0n) is 13.7. The summed E-state index contributed by atoms with van der Waals surface area (Å²) in [5.41, 5.74) is 1.43. The van der Waals surface area contributed by atoms with Crippen LogP contribution in [0.15, 0.2) is 47.0 Å². The largest absolute Gasteiger partial charge is 0.504 e. The van der Waals surface area contributed by atoms with E-state index in [0.717, 1.165) is 5.56 Å². The summed E-state index contributed by atoms with van der Waals surface area (Å²) in [6.07, 6.45) is 0. The molecule has 7 heteroatoms. The predicted molar refractivity (Wildman–Crippen MR) is 88.6 cm³/mol. The molecular weight excluding hydrogens is 324 g/mol. The molecule has 0 atom stereocenters. The molecule has 2 aromatic carbocycles. The van der Waals surface area contributed by atoms with Gasteiger partial charge in [0, 0.05) is 0 Å². The highest BCUT2D eigenvalue weighted by Gasteiger charge is 2.19. The van der Waals surface area contributed by atoms with Gasteiger partial charge in [-0.25, -0.2) is 4.79 Å². The molecule has 0 bridgehead atoms. The van der Waals surface area contributed by atoms with Crippen LogP contribution in [-0.2, 0) is 4.74 Å². The van der Waals surface area contributed by atoms with Crippen molar-refractivity contribution in [2.45, 2.75) is 13.8 Å². The zero-order valence-corrected chi connectivity index (χ0v) is 13.7. The van der Waals surface area contributed by atoms with E-state index in [1.54, 1.807) is 43.3 Å². The minimum absolute atomic E-state index is 0.0233. The molecule has 25 heavy (non-hydrogen) atoms. The Balaban J connectivity index is 1.92. The molecule has 1 heterocycles. The van der Waals surface area contributed by atoms with E-state index < -0.39 is 5.97 Å². The Morgan fingerprint density at radius 1 is 1.20 bits per heavy atom. The number of hydrogen-bond donors (Lipinski definition) is 1. The molecule has 0 spiro atoms. The molecule has 0 fully saturated rings. The van der Waals surface area contributed by atoms with Crippen LogP contribution in [0.2, 0.25) is 0 Å². The molecule has 128 valence electrons. The van der Waals surface area contributed by atoms with E-state index in [1.807, 2.05) is 13.0 Å². The topological polar surface area (TPSA) is 94.7 Å². The second-order valence-electron chi connectivity index (χ2n) is 5.21. The van der Waals surface area contributed by atoms with Gasteiger partial charge in [0.15, 0.2) is 11.5 Å². The number of esters is 1. The lowest BCUT2D eigenvalue weighted by Crippen LogP contribution is -2.04. The van der Waals surface area contributed by atoms with Crippen LogP contribution in [0.25, 0.3) is 11.4 Å². The van der Waals surface area contributed by atoms with Crippen molar-refractivity contribution in [3.63, 3.8) is 0 Å². The van der Waals surface area contributed by atoms with Gasteiger partial charge >= 0.3 is 11.9 Å². The van der Waals surface area contributed by atoms with Gasteiger partial charge in [-0.15, -0.1) is 0 Å². The van der Waals surface area contributed by atoms with Crippen LogP contribution in [0.1, 0.15) is 23.2 Å². The first-order chi connectivity index (χ1) is 12.1. The third-order valence-corrected chi connectivity index (χ3v) is 3.34. The summed E-state index contributed by atoms with van der Waals surface area (Å²) in [6, 6.07) is 12.1. The predicted octanol–water partition coefficient (Wildman–Crippen LogP) is 3.72. The second-order valence-corrected chi connectivity index (χ2v) is 5.21. The normalized spacial score (nSPS) is 10.5. The Morgan fingerprint density at radius 2 is 2.00 bits per heavy atom. The maximum atomic E-state index is 11.7. The molecule has 0 saturated heterocycles. The molecule has 0 saturated carbocycles. The highest BCUT2D eigenvalue weighted by molar-refractivity contribution is 5.84. The van der Waals surface area contributed by atoms with Crippen molar-refractivity contribution in [3.05, 3.63) is 53.9 Å². The number of para-hydroxylation sites is 1. The summed E-state index contributed by atoms with van der Waals surface area (Å²) in [4.78, 5) is 15.7. The fraction of sp³-hybridized carbons (Fsp3) is 0.167. The van der Waals surface area contributed by atoms with E-state index in [2.05, 4.69) is 10.1 Å². The maximum Gasteiger partial charge on any atom is 0.397 e. The van der Waals surface area contributed by atoms with Gasteiger partial charge in [0.2, 0.25) is 5.82 Å². The highest BCUT2D eigenvalue weighted by atomic mass is 16.6. The van der Waals surface area contributed by atoms with Crippen LogP contribution in [0, 0.1) is 6.92 Å². The summed E-state index contributed by atoms with van der Waals surface area (Å²) in [6.45, 7) is 3.77. The number of carbonyl (C=O) groups is 1. The molecule has 7 nitrogen and oxygen atoms in total. The van der Waals surface area contributed by atoms with Crippen LogP contribution in [0.4, 0.5) is 0 Å².